The molecule has 3 rings (SSSR count). The minimum atomic E-state index is -0.160. The van der Waals surface area contributed by atoms with Crippen LogP contribution in [0.5, 0.6) is 0 Å². The number of rotatable bonds is 6. The first-order valence-corrected chi connectivity index (χ1v) is 9.16. The second-order valence-electron chi connectivity index (χ2n) is 6.62. The van der Waals surface area contributed by atoms with Gasteiger partial charge in [0.2, 0.25) is 5.95 Å². The van der Waals surface area contributed by atoms with Gasteiger partial charge in [0, 0.05) is 25.0 Å². The van der Waals surface area contributed by atoms with Gasteiger partial charge in [-0.2, -0.15) is 0 Å². The van der Waals surface area contributed by atoms with Gasteiger partial charge in [-0.1, -0.05) is 25.5 Å². The van der Waals surface area contributed by atoms with E-state index in [-0.39, 0.29) is 5.91 Å². The van der Waals surface area contributed by atoms with Crippen molar-refractivity contribution in [3.8, 4) is 0 Å². The molecule has 1 aromatic heterocycles. The summed E-state index contributed by atoms with van der Waals surface area (Å²) in [4.78, 5) is 23.6. The molecule has 1 aromatic carbocycles. The summed E-state index contributed by atoms with van der Waals surface area (Å²) in [6.07, 6.45) is 7.45. The van der Waals surface area contributed by atoms with Crippen LogP contribution in [-0.2, 0) is 6.42 Å². The summed E-state index contributed by atoms with van der Waals surface area (Å²) in [6, 6.07) is 8.06. The standard InChI is InChI=1S/C20H26N4O/c1-3-4-7-16-8-10-17(11-9-16)23-19(25)18-14-21-20(22-15(18)2)24-12-5-6-13-24/h8-11,14H,3-7,12-13H2,1-2H3,(H,23,25). The lowest BCUT2D eigenvalue weighted by atomic mass is 10.1. The van der Waals surface area contributed by atoms with Gasteiger partial charge in [0.1, 0.15) is 0 Å². The van der Waals surface area contributed by atoms with Crippen LogP contribution in [-0.4, -0.2) is 29.0 Å². The third kappa shape index (κ3) is 4.35. The Hall–Kier alpha value is -2.43. The Morgan fingerprint density at radius 3 is 2.56 bits per heavy atom. The molecule has 2 heterocycles. The van der Waals surface area contributed by atoms with Crippen molar-refractivity contribution in [1.29, 1.82) is 0 Å². The number of unbranched alkanes of at least 4 members (excludes halogenated alkanes) is 1. The maximum absolute atomic E-state index is 12.5. The summed E-state index contributed by atoms with van der Waals surface area (Å²) >= 11 is 0. The molecular formula is C20H26N4O. The van der Waals surface area contributed by atoms with E-state index in [1.165, 1.54) is 31.2 Å². The monoisotopic (exact) mass is 338 g/mol. The van der Waals surface area contributed by atoms with Gasteiger partial charge in [-0.15, -0.1) is 0 Å². The number of carbonyl (C=O) groups excluding carboxylic acids is 1. The van der Waals surface area contributed by atoms with Gasteiger partial charge in [0.25, 0.3) is 5.91 Å². The zero-order valence-electron chi connectivity index (χ0n) is 15.1. The minimum Gasteiger partial charge on any atom is -0.341 e. The summed E-state index contributed by atoms with van der Waals surface area (Å²) in [5.74, 6) is 0.568. The van der Waals surface area contributed by atoms with Crippen LogP contribution in [0, 0.1) is 6.92 Å². The molecule has 1 N–H and O–H groups in total. The molecule has 0 aliphatic carbocycles. The number of nitrogens with one attached hydrogen (secondary N) is 1. The van der Waals surface area contributed by atoms with Crippen LogP contribution in [0.3, 0.4) is 0 Å². The maximum atomic E-state index is 12.5. The van der Waals surface area contributed by atoms with E-state index in [0.717, 1.165) is 31.1 Å². The lowest BCUT2D eigenvalue weighted by molar-refractivity contribution is 0.102. The summed E-state index contributed by atoms with van der Waals surface area (Å²) in [5.41, 5.74) is 3.34. The van der Waals surface area contributed by atoms with Crippen LogP contribution in [0.25, 0.3) is 0 Å². The third-order valence-corrected chi connectivity index (χ3v) is 4.63. The molecule has 132 valence electrons. The number of amides is 1. The Labute approximate surface area is 149 Å². The first-order valence-electron chi connectivity index (χ1n) is 9.16. The van der Waals surface area contributed by atoms with E-state index in [4.69, 9.17) is 0 Å². The average molecular weight is 338 g/mol. The fraction of sp³-hybridized carbons (Fsp3) is 0.450. The van der Waals surface area contributed by atoms with E-state index in [1.807, 2.05) is 19.1 Å². The van der Waals surface area contributed by atoms with E-state index in [1.54, 1.807) is 6.20 Å². The highest BCUT2D eigenvalue weighted by molar-refractivity contribution is 6.04. The van der Waals surface area contributed by atoms with Gasteiger partial charge in [-0.05, 0) is 50.3 Å². The van der Waals surface area contributed by atoms with Crippen molar-refractivity contribution in [3.63, 3.8) is 0 Å². The molecule has 1 fully saturated rings. The van der Waals surface area contributed by atoms with Crippen LogP contribution in [0.4, 0.5) is 11.6 Å². The molecule has 0 saturated carbocycles. The number of aromatic nitrogens is 2. The number of carbonyl (C=O) groups is 1. The molecular weight excluding hydrogens is 312 g/mol. The van der Waals surface area contributed by atoms with Crippen molar-refractivity contribution >= 4 is 17.5 Å². The van der Waals surface area contributed by atoms with Crippen LogP contribution >= 0.6 is 0 Å². The number of benzene rings is 1. The van der Waals surface area contributed by atoms with Gasteiger partial charge < -0.3 is 10.2 Å². The van der Waals surface area contributed by atoms with Crippen molar-refractivity contribution in [2.24, 2.45) is 0 Å². The van der Waals surface area contributed by atoms with E-state index >= 15 is 0 Å². The molecule has 0 atom stereocenters. The number of nitrogens with zero attached hydrogens (tertiary/aromatic N) is 3. The van der Waals surface area contributed by atoms with E-state index in [2.05, 4.69) is 39.2 Å². The molecule has 5 heteroatoms. The molecule has 25 heavy (non-hydrogen) atoms. The number of hydrogen-bond acceptors (Lipinski definition) is 4. The van der Waals surface area contributed by atoms with Crippen molar-refractivity contribution < 1.29 is 4.79 Å². The summed E-state index contributed by atoms with van der Waals surface area (Å²) in [6.45, 7) is 6.04. The lowest BCUT2D eigenvalue weighted by Crippen LogP contribution is -2.22. The Morgan fingerprint density at radius 2 is 1.92 bits per heavy atom. The smallest absolute Gasteiger partial charge is 0.259 e. The van der Waals surface area contributed by atoms with Gasteiger partial charge in [-0.3, -0.25) is 4.79 Å². The normalized spacial score (nSPS) is 13.9. The SMILES string of the molecule is CCCCc1ccc(NC(=O)c2cnc(N3CCCC3)nc2C)cc1. The van der Waals surface area contributed by atoms with Crippen LogP contribution in [0.1, 0.15) is 54.2 Å². The van der Waals surface area contributed by atoms with Gasteiger partial charge in [-0.25, -0.2) is 9.97 Å². The number of anilines is 2. The largest absolute Gasteiger partial charge is 0.341 e. The highest BCUT2D eigenvalue weighted by Gasteiger charge is 2.18. The zero-order valence-corrected chi connectivity index (χ0v) is 15.1. The van der Waals surface area contributed by atoms with Gasteiger partial charge >= 0.3 is 0 Å². The Morgan fingerprint density at radius 1 is 1.20 bits per heavy atom. The molecule has 0 radical (unpaired) electrons. The summed E-state index contributed by atoms with van der Waals surface area (Å²) in [7, 11) is 0. The third-order valence-electron chi connectivity index (χ3n) is 4.63. The second kappa shape index (κ2) is 8.10. The van der Waals surface area contributed by atoms with Crippen molar-refractivity contribution in [1.82, 2.24) is 9.97 Å². The van der Waals surface area contributed by atoms with E-state index in [9.17, 15) is 4.79 Å². The highest BCUT2D eigenvalue weighted by Crippen LogP contribution is 2.18. The molecule has 1 aliphatic heterocycles. The van der Waals surface area contributed by atoms with Crippen molar-refractivity contribution in [2.45, 2.75) is 46.0 Å². The first-order chi connectivity index (χ1) is 12.2. The number of aryl methyl sites for hydroxylation is 2. The lowest BCUT2D eigenvalue weighted by Gasteiger charge is -2.16. The van der Waals surface area contributed by atoms with Gasteiger partial charge in [0.05, 0.1) is 11.3 Å². The van der Waals surface area contributed by atoms with E-state index in [0.29, 0.717) is 11.3 Å². The molecule has 0 unspecified atom stereocenters. The zero-order chi connectivity index (χ0) is 17.6. The van der Waals surface area contributed by atoms with Crippen LogP contribution < -0.4 is 10.2 Å². The summed E-state index contributed by atoms with van der Waals surface area (Å²) < 4.78 is 0. The summed E-state index contributed by atoms with van der Waals surface area (Å²) in [5, 5.41) is 2.94. The van der Waals surface area contributed by atoms with E-state index < -0.39 is 0 Å². The predicted octanol–water partition coefficient (Wildman–Crippen LogP) is 3.98. The quantitative estimate of drug-likeness (QED) is 0.865. The molecule has 2 aromatic rings. The predicted molar refractivity (Wildman–Crippen MR) is 101 cm³/mol. The Balaban J connectivity index is 1.66. The molecule has 1 saturated heterocycles. The first kappa shape index (κ1) is 17.4. The van der Waals surface area contributed by atoms with Crippen molar-refractivity contribution in [2.75, 3.05) is 23.3 Å². The molecule has 1 amide bonds. The molecule has 1 aliphatic rings. The van der Waals surface area contributed by atoms with Gasteiger partial charge in [0.15, 0.2) is 0 Å². The minimum absolute atomic E-state index is 0.160. The number of hydrogen-bond donors (Lipinski definition) is 1. The van der Waals surface area contributed by atoms with Crippen LogP contribution in [0.15, 0.2) is 30.5 Å². The van der Waals surface area contributed by atoms with Crippen LogP contribution in [0.2, 0.25) is 0 Å². The molecule has 0 bridgehead atoms. The maximum Gasteiger partial charge on any atom is 0.259 e. The molecule has 5 nitrogen and oxygen atoms in total. The fourth-order valence-corrected chi connectivity index (χ4v) is 3.08. The second-order valence-corrected chi connectivity index (χ2v) is 6.62. The Bertz CT molecular complexity index is 721. The average Bonchev–Trinajstić information content (AvgIpc) is 3.15. The fourth-order valence-electron chi connectivity index (χ4n) is 3.08. The molecule has 0 spiro atoms. The topological polar surface area (TPSA) is 58.1 Å². The van der Waals surface area contributed by atoms with Crippen molar-refractivity contribution in [3.05, 3.63) is 47.3 Å². The highest BCUT2D eigenvalue weighted by atomic mass is 16.1. The Kier molecular flexibility index (Phi) is 5.64.